The fourth-order valence-corrected chi connectivity index (χ4v) is 4.05. The number of halogens is 1. The van der Waals surface area contributed by atoms with Crippen molar-refractivity contribution in [2.24, 2.45) is 0 Å². The van der Waals surface area contributed by atoms with E-state index >= 15 is 0 Å². The second-order valence-electron chi connectivity index (χ2n) is 6.58. The van der Waals surface area contributed by atoms with Crippen LogP contribution in [0.4, 0.5) is 4.39 Å². The third kappa shape index (κ3) is 4.28. The number of nitrogens with zero attached hydrogens (tertiary/aromatic N) is 1. The van der Waals surface area contributed by atoms with Gasteiger partial charge in [-0.3, -0.25) is 14.5 Å². The first-order valence-corrected chi connectivity index (χ1v) is 10.1. The Balaban J connectivity index is 1.75. The topological polar surface area (TPSA) is 46.6 Å². The molecule has 1 heterocycles. The standard InChI is InChI=1S/C22H22FNO3S/c1-4-28-20-19(16-5-7-17(23)8-6-16)21(25)24(22(20)26)9-10-27-18-12-14(2)11-15(3)13-18/h5-8,11-13H,4,9-10H2,1-3H3. The number of carbonyl (C=O) groups is 2. The Morgan fingerprint density at radius 3 is 2.25 bits per heavy atom. The van der Waals surface area contributed by atoms with E-state index in [-0.39, 0.29) is 30.8 Å². The molecule has 6 heteroatoms. The number of amides is 2. The quantitative estimate of drug-likeness (QED) is 0.649. The molecule has 146 valence electrons. The average molecular weight is 399 g/mol. The van der Waals surface area contributed by atoms with Gasteiger partial charge in [0.05, 0.1) is 17.0 Å². The highest BCUT2D eigenvalue weighted by molar-refractivity contribution is 8.04. The van der Waals surface area contributed by atoms with Crippen molar-refractivity contribution in [3.63, 3.8) is 0 Å². The van der Waals surface area contributed by atoms with Gasteiger partial charge in [-0.25, -0.2) is 4.39 Å². The number of imide groups is 1. The monoisotopic (exact) mass is 399 g/mol. The minimum absolute atomic E-state index is 0.156. The zero-order valence-electron chi connectivity index (χ0n) is 16.1. The molecule has 0 bridgehead atoms. The molecule has 4 nitrogen and oxygen atoms in total. The lowest BCUT2D eigenvalue weighted by molar-refractivity contribution is -0.136. The van der Waals surface area contributed by atoms with Gasteiger partial charge in [0.25, 0.3) is 11.8 Å². The first-order chi connectivity index (χ1) is 13.4. The maximum atomic E-state index is 13.3. The van der Waals surface area contributed by atoms with Crippen LogP contribution in [0.1, 0.15) is 23.6 Å². The predicted octanol–water partition coefficient (Wildman–Crippen LogP) is 4.35. The van der Waals surface area contributed by atoms with Crippen molar-refractivity contribution >= 4 is 29.1 Å². The lowest BCUT2D eigenvalue weighted by Crippen LogP contribution is -2.35. The summed E-state index contributed by atoms with van der Waals surface area (Å²) < 4.78 is 19.0. The number of rotatable bonds is 7. The van der Waals surface area contributed by atoms with Gasteiger partial charge in [-0.05, 0) is 60.6 Å². The molecule has 0 aromatic heterocycles. The first kappa shape index (κ1) is 20.1. The highest BCUT2D eigenvalue weighted by atomic mass is 32.2. The third-order valence-electron chi connectivity index (χ3n) is 4.33. The predicted molar refractivity (Wildman–Crippen MR) is 110 cm³/mol. The van der Waals surface area contributed by atoms with Crippen LogP contribution in [0, 0.1) is 19.7 Å². The zero-order chi connectivity index (χ0) is 20.3. The summed E-state index contributed by atoms with van der Waals surface area (Å²) in [6.07, 6.45) is 0. The van der Waals surface area contributed by atoms with Crippen LogP contribution in [0.25, 0.3) is 5.57 Å². The van der Waals surface area contributed by atoms with Gasteiger partial charge in [0, 0.05) is 0 Å². The summed E-state index contributed by atoms with van der Waals surface area (Å²) in [7, 11) is 0. The molecule has 3 rings (SSSR count). The summed E-state index contributed by atoms with van der Waals surface area (Å²) in [5.41, 5.74) is 3.06. The van der Waals surface area contributed by atoms with Crippen LogP contribution in [0.5, 0.6) is 5.75 Å². The van der Waals surface area contributed by atoms with E-state index in [0.717, 1.165) is 11.1 Å². The second kappa shape index (κ2) is 8.61. The molecule has 0 spiro atoms. The van der Waals surface area contributed by atoms with Gasteiger partial charge >= 0.3 is 0 Å². The van der Waals surface area contributed by atoms with E-state index < -0.39 is 0 Å². The summed E-state index contributed by atoms with van der Waals surface area (Å²) in [4.78, 5) is 27.3. The Labute approximate surface area is 168 Å². The van der Waals surface area contributed by atoms with Gasteiger partial charge in [-0.15, -0.1) is 11.8 Å². The molecule has 2 aromatic rings. The first-order valence-electron chi connectivity index (χ1n) is 9.11. The molecule has 0 fully saturated rings. The Bertz CT molecular complexity index is 917. The lowest BCUT2D eigenvalue weighted by Gasteiger charge is -2.16. The van der Waals surface area contributed by atoms with Gasteiger partial charge < -0.3 is 4.74 Å². The molecule has 0 radical (unpaired) electrons. The van der Waals surface area contributed by atoms with Crippen molar-refractivity contribution in [2.75, 3.05) is 18.9 Å². The van der Waals surface area contributed by atoms with E-state index in [1.54, 1.807) is 0 Å². The minimum Gasteiger partial charge on any atom is -0.492 e. The number of carbonyl (C=O) groups excluding carboxylic acids is 2. The molecule has 2 amide bonds. The average Bonchev–Trinajstić information content (AvgIpc) is 2.86. The van der Waals surface area contributed by atoms with Crippen LogP contribution >= 0.6 is 11.8 Å². The highest BCUT2D eigenvalue weighted by Gasteiger charge is 2.38. The molecule has 2 aromatic carbocycles. The second-order valence-corrected chi connectivity index (χ2v) is 7.85. The summed E-state index contributed by atoms with van der Waals surface area (Å²) in [5.74, 6) is 0.305. The number of thioether (sulfide) groups is 1. The van der Waals surface area contributed by atoms with Gasteiger partial charge in [0.2, 0.25) is 0 Å². The van der Waals surface area contributed by atoms with Crippen LogP contribution in [0.3, 0.4) is 0 Å². The fraction of sp³-hybridized carbons (Fsp3) is 0.273. The van der Waals surface area contributed by atoms with E-state index in [0.29, 0.717) is 27.5 Å². The van der Waals surface area contributed by atoms with E-state index in [1.165, 1.54) is 40.9 Å². The molecular weight excluding hydrogens is 377 g/mol. The van der Waals surface area contributed by atoms with Gasteiger partial charge in [-0.1, -0.05) is 25.1 Å². The van der Waals surface area contributed by atoms with Crippen LogP contribution < -0.4 is 4.74 Å². The van der Waals surface area contributed by atoms with E-state index in [9.17, 15) is 14.0 Å². The van der Waals surface area contributed by atoms with E-state index in [1.807, 2.05) is 39.0 Å². The maximum absolute atomic E-state index is 13.3. The lowest BCUT2D eigenvalue weighted by atomic mass is 10.1. The molecule has 0 unspecified atom stereocenters. The van der Waals surface area contributed by atoms with Crippen molar-refractivity contribution in [2.45, 2.75) is 20.8 Å². The van der Waals surface area contributed by atoms with Crippen LogP contribution in [-0.2, 0) is 9.59 Å². The normalized spacial score (nSPS) is 14.2. The molecule has 0 N–H and O–H groups in total. The molecule has 0 aliphatic carbocycles. The smallest absolute Gasteiger partial charge is 0.268 e. The number of ether oxygens (including phenoxy) is 1. The van der Waals surface area contributed by atoms with Crippen LogP contribution in [0.2, 0.25) is 0 Å². The van der Waals surface area contributed by atoms with Crippen molar-refractivity contribution < 1.29 is 18.7 Å². The SMILES string of the molecule is CCSC1=C(c2ccc(F)cc2)C(=O)N(CCOc2cc(C)cc(C)c2)C1=O. The Morgan fingerprint density at radius 1 is 1.00 bits per heavy atom. The number of hydrogen-bond acceptors (Lipinski definition) is 4. The largest absolute Gasteiger partial charge is 0.492 e. The Morgan fingerprint density at radius 2 is 1.64 bits per heavy atom. The van der Waals surface area contributed by atoms with Crippen LogP contribution in [-0.4, -0.2) is 35.6 Å². The van der Waals surface area contributed by atoms with Crippen molar-refractivity contribution in [1.29, 1.82) is 0 Å². The van der Waals surface area contributed by atoms with Gasteiger partial charge in [0.15, 0.2) is 0 Å². The fourth-order valence-electron chi connectivity index (χ4n) is 3.18. The van der Waals surface area contributed by atoms with E-state index in [4.69, 9.17) is 4.74 Å². The summed E-state index contributed by atoms with van der Waals surface area (Å²) in [6.45, 7) is 6.26. The highest BCUT2D eigenvalue weighted by Crippen LogP contribution is 2.35. The zero-order valence-corrected chi connectivity index (χ0v) is 16.9. The molecule has 28 heavy (non-hydrogen) atoms. The number of aryl methyl sites for hydroxylation is 2. The molecule has 1 aliphatic rings. The molecule has 1 aliphatic heterocycles. The van der Waals surface area contributed by atoms with Gasteiger partial charge in [-0.2, -0.15) is 0 Å². The van der Waals surface area contributed by atoms with Gasteiger partial charge in [0.1, 0.15) is 18.2 Å². The van der Waals surface area contributed by atoms with Crippen molar-refractivity contribution in [3.05, 3.63) is 69.9 Å². The summed E-state index contributed by atoms with van der Waals surface area (Å²) in [5, 5.41) is 0. The Kier molecular flexibility index (Phi) is 6.19. The summed E-state index contributed by atoms with van der Waals surface area (Å²) in [6, 6.07) is 11.5. The minimum atomic E-state index is -0.385. The molecule has 0 atom stereocenters. The van der Waals surface area contributed by atoms with Crippen molar-refractivity contribution in [1.82, 2.24) is 4.90 Å². The third-order valence-corrected chi connectivity index (χ3v) is 5.28. The van der Waals surface area contributed by atoms with Crippen LogP contribution in [0.15, 0.2) is 47.4 Å². The molecule has 0 saturated heterocycles. The Hall–Kier alpha value is -2.60. The number of benzene rings is 2. The van der Waals surface area contributed by atoms with Crippen molar-refractivity contribution in [3.8, 4) is 5.75 Å². The maximum Gasteiger partial charge on any atom is 0.268 e. The number of hydrogen-bond donors (Lipinski definition) is 0. The molecule has 0 saturated carbocycles. The molecular formula is C22H22FNO3S. The van der Waals surface area contributed by atoms with E-state index in [2.05, 4.69) is 0 Å². The summed E-state index contributed by atoms with van der Waals surface area (Å²) >= 11 is 1.33.